The minimum Gasteiger partial charge on any atom is -0.495 e. The highest BCUT2D eigenvalue weighted by atomic mass is 16.5. The molecule has 1 aliphatic carbocycles. The molecule has 1 aliphatic heterocycles. The third kappa shape index (κ3) is 5.23. The fourth-order valence-corrected chi connectivity index (χ4v) is 4.60. The van der Waals surface area contributed by atoms with Crippen LogP contribution in [0.5, 0.6) is 5.75 Å². The lowest BCUT2D eigenvalue weighted by atomic mass is 9.87. The Labute approximate surface area is 189 Å². The first-order valence-electron chi connectivity index (χ1n) is 11.5. The van der Waals surface area contributed by atoms with E-state index in [1.807, 2.05) is 18.2 Å². The molecule has 4 rings (SSSR count). The molecule has 2 fully saturated rings. The Hall–Kier alpha value is -3.03. The number of piperazine rings is 1. The summed E-state index contributed by atoms with van der Waals surface area (Å²) < 4.78 is 6.77. The third-order valence-electron chi connectivity index (χ3n) is 6.56. The van der Waals surface area contributed by atoms with Gasteiger partial charge in [-0.3, -0.25) is 9.59 Å². The second kappa shape index (κ2) is 10.1. The van der Waals surface area contributed by atoms with Crippen LogP contribution >= 0.6 is 0 Å². The maximum absolute atomic E-state index is 12.5. The molecule has 1 aromatic heterocycles. The van der Waals surface area contributed by atoms with E-state index in [9.17, 15) is 9.59 Å². The second-order valence-electron chi connectivity index (χ2n) is 8.86. The number of hydrogen-bond donors (Lipinski definition) is 1. The van der Waals surface area contributed by atoms with E-state index in [4.69, 9.17) is 4.74 Å². The van der Waals surface area contributed by atoms with E-state index >= 15 is 0 Å². The molecular formula is C24H33N5O3. The van der Waals surface area contributed by atoms with Gasteiger partial charge in [0.2, 0.25) is 5.91 Å². The molecule has 172 valence electrons. The number of nitrogens with zero attached hydrogens (tertiary/aromatic N) is 4. The summed E-state index contributed by atoms with van der Waals surface area (Å²) in [5.41, 5.74) is 0.829. The number of rotatable bonds is 6. The Morgan fingerprint density at radius 3 is 2.44 bits per heavy atom. The first-order chi connectivity index (χ1) is 15.5. The summed E-state index contributed by atoms with van der Waals surface area (Å²) >= 11 is 0. The van der Waals surface area contributed by atoms with Crippen molar-refractivity contribution in [3.05, 3.63) is 46.8 Å². The number of carbonyl (C=O) groups excluding carboxylic acids is 1. The van der Waals surface area contributed by atoms with Crippen LogP contribution in [0, 0.1) is 5.92 Å². The Bertz CT molecular complexity index is 976. The number of amides is 1. The predicted molar refractivity (Wildman–Crippen MR) is 125 cm³/mol. The predicted octanol–water partition coefficient (Wildman–Crippen LogP) is 2.27. The molecule has 1 saturated carbocycles. The van der Waals surface area contributed by atoms with Crippen LogP contribution in [0.25, 0.3) is 0 Å². The summed E-state index contributed by atoms with van der Waals surface area (Å²) in [4.78, 5) is 29.3. The molecule has 2 aliphatic rings. The topological polar surface area (TPSA) is 79.7 Å². The molecule has 0 radical (unpaired) electrons. The maximum atomic E-state index is 12.5. The van der Waals surface area contributed by atoms with Gasteiger partial charge in [-0.1, -0.05) is 19.1 Å². The standard InChI is InChI=1S/C24H33N5O3/c1-18-7-9-19(10-8-18)25-23(30)17-29-24(31)12-11-22(26-29)28-15-13-27(14-16-28)20-5-3-4-6-21(20)32-2/h3-6,11-12,18-19H,7-10,13-17H2,1-2H3,(H,25,30). The molecule has 0 spiro atoms. The number of ether oxygens (including phenoxy) is 1. The zero-order valence-corrected chi connectivity index (χ0v) is 19.0. The van der Waals surface area contributed by atoms with E-state index in [0.717, 1.165) is 75.0 Å². The smallest absolute Gasteiger partial charge is 0.267 e. The number of nitrogens with one attached hydrogen (secondary N) is 1. The van der Waals surface area contributed by atoms with Gasteiger partial charge < -0.3 is 19.9 Å². The number of benzene rings is 1. The maximum Gasteiger partial charge on any atom is 0.267 e. The Balaban J connectivity index is 1.36. The van der Waals surface area contributed by atoms with E-state index in [1.54, 1.807) is 13.2 Å². The van der Waals surface area contributed by atoms with Gasteiger partial charge in [-0.25, -0.2) is 4.68 Å². The van der Waals surface area contributed by atoms with Crippen molar-refractivity contribution in [3.63, 3.8) is 0 Å². The number of aromatic nitrogens is 2. The lowest BCUT2D eigenvalue weighted by Crippen LogP contribution is -2.47. The van der Waals surface area contributed by atoms with Crippen LogP contribution in [0.4, 0.5) is 11.5 Å². The molecule has 1 N–H and O–H groups in total. The average Bonchev–Trinajstić information content (AvgIpc) is 2.82. The molecule has 8 heteroatoms. The number of methoxy groups -OCH3 is 1. The summed E-state index contributed by atoms with van der Waals surface area (Å²) in [6, 6.07) is 11.5. The molecule has 1 aromatic carbocycles. The van der Waals surface area contributed by atoms with Gasteiger partial charge in [-0.2, -0.15) is 5.10 Å². The fourth-order valence-electron chi connectivity index (χ4n) is 4.60. The number of para-hydroxylation sites is 2. The normalized spacial score (nSPS) is 21.3. The van der Waals surface area contributed by atoms with Crippen LogP contribution in [0.3, 0.4) is 0 Å². The minimum absolute atomic E-state index is 0.0418. The van der Waals surface area contributed by atoms with Crippen molar-refractivity contribution in [2.75, 3.05) is 43.1 Å². The number of hydrogen-bond acceptors (Lipinski definition) is 6. The van der Waals surface area contributed by atoms with E-state index in [2.05, 4.69) is 33.2 Å². The highest BCUT2D eigenvalue weighted by Gasteiger charge is 2.22. The summed E-state index contributed by atoms with van der Waals surface area (Å²) in [5, 5.41) is 7.58. The van der Waals surface area contributed by atoms with Crippen LogP contribution in [0.15, 0.2) is 41.2 Å². The molecule has 0 bridgehead atoms. The monoisotopic (exact) mass is 439 g/mol. The van der Waals surface area contributed by atoms with Crippen molar-refractivity contribution in [2.24, 2.45) is 5.92 Å². The molecule has 1 amide bonds. The van der Waals surface area contributed by atoms with Gasteiger partial charge in [0.05, 0.1) is 12.8 Å². The summed E-state index contributed by atoms with van der Waals surface area (Å²) in [6.45, 7) is 5.40. The van der Waals surface area contributed by atoms with Gasteiger partial charge >= 0.3 is 0 Å². The first-order valence-corrected chi connectivity index (χ1v) is 11.5. The quantitative estimate of drug-likeness (QED) is 0.744. The van der Waals surface area contributed by atoms with Gasteiger partial charge in [0.15, 0.2) is 0 Å². The van der Waals surface area contributed by atoms with Crippen LogP contribution in [0.2, 0.25) is 0 Å². The van der Waals surface area contributed by atoms with E-state index in [1.165, 1.54) is 10.7 Å². The minimum atomic E-state index is -0.256. The van der Waals surface area contributed by atoms with E-state index in [0.29, 0.717) is 0 Å². The SMILES string of the molecule is COc1ccccc1N1CCN(c2ccc(=O)n(CC(=O)NC3CCC(C)CC3)n2)CC1. The van der Waals surface area contributed by atoms with Gasteiger partial charge in [0.1, 0.15) is 18.1 Å². The third-order valence-corrected chi connectivity index (χ3v) is 6.56. The van der Waals surface area contributed by atoms with Crippen LogP contribution in [-0.2, 0) is 11.3 Å². The summed E-state index contributed by atoms with van der Waals surface area (Å²) in [7, 11) is 1.69. The Morgan fingerprint density at radius 2 is 1.72 bits per heavy atom. The molecule has 8 nitrogen and oxygen atoms in total. The molecule has 0 atom stereocenters. The molecule has 0 unspecified atom stereocenters. The fraction of sp³-hybridized carbons (Fsp3) is 0.542. The first kappa shape index (κ1) is 22.2. The van der Waals surface area contributed by atoms with Crippen LogP contribution in [0.1, 0.15) is 32.6 Å². The lowest BCUT2D eigenvalue weighted by Gasteiger charge is -2.37. The van der Waals surface area contributed by atoms with Gasteiger partial charge in [-0.15, -0.1) is 0 Å². The zero-order chi connectivity index (χ0) is 22.5. The summed E-state index contributed by atoms with van der Waals surface area (Å²) in [6.07, 6.45) is 4.29. The van der Waals surface area contributed by atoms with Crippen molar-refractivity contribution in [1.82, 2.24) is 15.1 Å². The Morgan fingerprint density at radius 1 is 1.03 bits per heavy atom. The van der Waals surface area contributed by atoms with Crippen LogP contribution < -0.4 is 25.4 Å². The lowest BCUT2D eigenvalue weighted by molar-refractivity contribution is -0.122. The average molecular weight is 440 g/mol. The number of anilines is 2. The number of carbonyl (C=O) groups is 1. The summed E-state index contributed by atoms with van der Waals surface area (Å²) in [5.74, 6) is 2.18. The Kier molecular flexibility index (Phi) is 6.97. The van der Waals surface area contributed by atoms with E-state index < -0.39 is 0 Å². The molecule has 2 aromatic rings. The highest BCUT2D eigenvalue weighted by molar-refractivity contribution is 5.76. The largest absolute Gasteiger partial charge is 0.495 e. The van der Waals surface area contributed by atoms with Crippen LogP contribution in [-0.4, -0.2) is 55.0 Å². The van der Waals surface area contributed by atoms with Crippen molar-refractivity contribution < 1.29 is 9.53 Å². The van der Waals surface area contributed by atoms with E-state index in [-0.39, 0.29) is 24.1 Å². The van der Waals surface area contributed by atoms with Gasteiger partial charge in [0.25, 0.3) is 5.56 Å². The van der Waals surface area contributed by atoms with Crippen molar-refractivity contribution >= 4 is 17.4 Å². The molecule has 2 heterocycles. The molecule has 32 heavy (non-hydrogen) atoms. The molecule has 1 saturated heterocycles. The van der Waals surface area contributed by atoms with Gasteiger partial charge in [-0.05, 0) is 49.8 Å². The van der Waals surface area contributed by atoms with Crippen molar-refractivity contribution in [1.29, 1.82) is 0 Å². The van der Waals surface area contributed by atoms with Gasteiger partial charge in [0, 0.05) is 38.3 Å². The zero-order valence-electron chi connectivity index (χ0n) is 19.0. The second-order valence-corrected chi connectivity index (χ2v) is 8.86. The molecular weight excluding hydrogens is 406 g/mol. The van der Waals surface area contributed by atoms with Crippen molar-refractivity contribution in [3.8, 4) is 5.75 Å². The van der Waals surface area contributed by atoms with Crippen molar-refractivity contribution in [2.45, 2.75) is 45.2 Å². The highest BCUT2D eigenvalue weighted by Crippen LogP contribution is 2.29.